The molecule has 1 aromatic carbocycles. The fourth-order valence-electron chi connectivity index (χ4n) is 2.95. The fourth-order valence-corrected chi connectivity index (χ4v) is 2.95. The molecule has 2 rings (SSSR count). The lowest BCUT2D eigenvalue weighted by Gasteiger charge is -2.36. The Bertz CT molecular complexity index is 442. The molecule has 1 saturated heterocycles. The fraction of sp³-hybridized carbons (Fsp3) is 0.625. The highest BCUT2D eigenvalue weighted by atomic mass is 16.3. The van der Waals surface area contributed by atoms with Gasteiger partial charge in [-0.15, -0.1) is 0 Å². The maximum atomic E-state index is 10.5. The Morgan fingerprint density at radius 3 is 2.89 bits per heavy atom. The second kappa shape index (κ2) is 5.51. The quantitative estimate of drug-likeness (QED) is 0.857. The van der Waals surface area contributed by atoms with Gasteiger partial charge in [0.1, 0.15) is 0 Å². The van der Waals surface area contributed by atoms with Gasteiger partial charge in [0.05, 0.1) is 5.60 Å². The molecule has 2 N–H and O–H groups in total. The summed E-state index contributed by atoms with van der Waals surface area (Å²) in [5.74, 6) is 0. The number of nitrogens with one attached hydrogen (secondary N) is 1. The van der Waals surface area contributed by atoms with E-state index in [1.807, 2.05) is 6.92 Å². The van der Waals surface area contributed by atoms with Crippen molar-refractivity contribution in [1.29, 1.82) is 0 Å². The van der Waals surface area contributed by atoms with Crippen LogP contribution in [0.4, 0.5) is 5.69 Å². The first-order chi connectivity index (χ1) is 8.94. The molecule has 106 valence electrons. The monoisotopic (exact) mass is 262 g/mol. The van der Waals surface area contributed by atoms with Crippen LogP contribution in [0.25, 0.3) is 0 Å². The molecule has 19 heavy (non-hydrogen) atoms. The summed E-state index contributed by atoms with van der Waals surface area (Å²) < 4.78 is 0. The molecule has 2 unspecified atom stereocenters. The van der Waals surface area contributed by atoms with E-state index in [-0.39, 0.29) is 0 Å². The van der Waals surface area contributed by atoms with Crippen LogP contribution in [0.5, 0.6) is 0 Å². The van der Waals surface area contributed by atoms with Gasteiger partial charge in [-0.25, -0.2) is 0 Å². The van der Waals surface area contributed by atoms with Crippen LogP contribution in [0.15, 0.2) is 18.2 Å². The molecular formula is C16H26N2O. The van der Waals surface area contributed by atoms with E-state index in [0.29, 0.717) is 19.1 Å². The first-order valence-electron chi connectivity index (χ1n) is 7.23. The van der Waals surface area contributed by atoms with Crippen molar-refractivity contribution >= 4 is 5.69 Å². The lowest BCUT2D eigenvalue weighted by molar-refractivity contribution is 0.0726. The minimum Gasteiger partial charge on any atom is -0.387 e. The van der Waals surface area contributed by atoms with Crippen LogP contribution in [-0.4, -0.2) is 36.4 Å². The molecule has 0 radical (unpaired) electrons. The summed E-state index contributed by atoms with van der Waals surface area (Å²) in [6.07, 6.45) is 1.02. The third-order valence-corrected chi connectivity index (χ3v) is 3.98. The van der Waals surface area contributed by atoms with Gasteiger partial charge in [0.25, 0.3) is 0 Å². The molecule has 1 fully saturated rings. The summed E-state index contributed by atoms with van der Waals surface area (Å²) in [6.45, 7) is 10.7. The molecule has 0 bridgehead atoms. The summed E-state index contributed by atoms with van der Waals surface area (Å²) in [5, 5.41) is 13.8. The minimum atomic E-state index is -0.682. The number of anilines is 1. The van der Waals surface area contributed by atoms with Crippen molar-refractivity contribution < 1.29 is 5.11 Å². The molecular weight excluding hydrogens is 236 g/mol. The topological polar surface area (TPSA) is 35.5 Å². The molecule has 0 amide bonds. The number of aryl methyl sites for hydroxylation is 2. The van der Waals surface area contributed by atoms with Crippen LogP contribution in [0.1, 0.15) is 31.9 Å². The second-order valence-corrected chi connectivity index (χ2v) is 6.04. The Hall–Kier alpha value is -1.06. The zero-order chi connectivity index (χ0) is 14.0. The molecule has 0 saturated carbocycles. The molecule has 2 atom stereocenters. The van der Waals surface area contributed by atoms with Gasteiger partial charge >= 0.3 is 0 Å². The zero-order valence-corrected chi connectivity index (χ0v) is 12.5. The molecule has 1 aromatic rings. The van der Waals surface area contributed by atoms with Crippen molar-refractivity contribution in [2.24, 2.45) is 0 Å². The standard InChI is InChI=1S/C16H26N2O/c1-5-14-8-6-7-12(2)15(14)18-11-16(4,19)10-17-9-13(18)3/h6-8,13,17,19H,5,9-11H2,1-4H3. The SMILES string of the molecule is CCc1cccc(C)c1N1CC(C)(O)CNCC1C. The highest BCUT2D eigenvalue weighted by Crippen LogP contribution is 2.29. The summed E-state index contributed by atoms with van der Waals surface area (Å²) in [7, 11) is 0. The van der Waals surface area contributed by atoms with E-state index in [2.05, 4.69) is 49.2 Å². The van der Waals surface area contributed by atoms with Crippen LogP contribution in [0.2, 0.25) is 0 Å². The number of para-hydroxylation sites is 1. The maximum Gasteiger partial charge on any atom is 0.0917 e. The van der Waals surface area contributed by atoms with Gasteiger partial charge in [0.15, 0.2) is 0 Å². The Balaban J connectivity index is 2.43. The van der Waals surface area contributed by atoms with Crippen molar-refractivity contribution in [2.45, 2.75) is 45.8 Å². The summed E-state index contributed by atoms with van der Waals surface area (Å²) in [6, 6.07) is 6.87. The Morgan fingerprint density at radius 2 is 2.21 bits per heavy atom. The lowest BCUT2D eigenvalue weighted by Crippen LogP contribution is -2.45. The molecule has 1 aliphatic heterocycles. The van der Waals surface area contributed by atoms with Gasteiger partial charge in [-0.3, -0.25) is 0 Å². The van der Waals surface area contributed by atoms with Crippen molar-refractivity contribution in [3.05, 3.63) is 29.3 Å². The number of nitrogens with zero attached hydrogens (tertiary/aromatic N) is 1. The summed E-state index contributed by atoms with van der Waals surface area (Å²) in [5.41, 5.74) is 3.29. The van der Waals surface area contributed by atoms with Crippen molar-refractivity contribution in [3.8, 4) is 0 Å². The number of hydrogen-bond donors (Lipinski definition) is 2. The van der Waals surface area contributed by atoms with Gasteiger partial charge in [-0.1, -0.05) is 25.1 Å². The first-order valence-corrected chi connectivity index (χ1v) is 7.23. The Labute approximate surface area is 116 Å². The van der Waals surface area contributed by atoms with Crippen LogP contribution < -0.4 is 10.2 Å². The highest BCUT2D eigenvalue weighted by Gasteiger charge is 2.31. The average Bonchev–Trinajstić information content (AvgIpc) is 2.48. The van der Waals surface area contributed by atoms with Gasteiger partial charge in [0, 0.05) is 31.4 Å². The largest absolute Gasteiger partial charge is 0.387 e. The van der Waals surface area contributed by atoms with Crippen LogP contribution in [0.3, 0.4) is 0 Å². The normalized spacial score (nSPS) is 28.3. The number of aliphatic hydroxyl groups is 1. The summed E-state index contributed by atoms with van der Waals surface area (Å²) >= 11 is 0. The third-order valence-electron chi connectivity index (χ3n) is 3.98. The highest BCUT2D eigenvalue weighted by molar-refractivity contribution is 5.60. The second-order valence-electron chi connectivity index (χ2n) is 6.04. The van der Waals surface area contributed by atoms with Crippen LogP contribution in [0, 0.1) is 6.92 Å². The predicted octanol–water partition coefficient (Wildman–Crippen LogP) is 2.11. The third kappa shape index (κ3) is 3.10. The minimum absolute atomic E-state index is 0.389. The van der Waals surface area contributed by atoms with Crippen molar-refractivity contribution in [2.75, 3.05) is 24.5 Å². The van der Waals surface area contributed by atoms with E-state index in [0.717, 1.165) is 13.0 Å². The smallest absolute Gasteiger partial charge is 0.0917 e. The Kier molecular flexibility index (Phi) is 4.16. The molecule has 0 aliphatic carbocycles. The molecule has 0 spiro atoms. The van der Waals surface area contributed by atoms with Gasteiger partial charge < -0.3 is 15.3 Å². The molecule has 1 heterocycles. The number of hydrogen-bond acceptors (Lipinski definition) is 3. The van der Waals surface area contributed by atoms with E-state index in [1.54, 1.807) is 0 Å². The van der Waals surface area contributed by atoms with Gasteiger partial charge in [0.2, 0.25) is 0 Å². The molecule has 3 heteroatoms. The summed E-state index contributed by atoms with van der Waals surface area (Å²) in [4.78, 5) is 2.37. The predicted molar refractivity (Wildman–Crippen MR) is 80.9 cm³/mol. The number of benzene rings is 1. The van der Waals surface area contributed by atoms with E-state index < -0.39 is 5.60 Å². The van der Waals surface area contributed by atoms with Crippen molar-refractivity contribution in [3.63, 3.8) is 0 Å². The van der Waals surface area contributed by atoms with Crippen molar-refractivity contribution in [1.82, 2.24) is 5.32 Å². The molecule has 1 aliphatic rings. The Morgan fingerprint density at radius 1 is 1.47 bits per heavy atom. The van der Waals surface area contributed by atoms with Crippen LogP contribution >= 0.6 is 0 Å². The maximum absolute atomic E-state index is 10.5. The van der Waals surface area contributed by atoms with E-state index in [1.165, 1.54) is 16.8 Å². The number of β-amino-alcohol motifs (C(OH)–C–C–N with tert-alkyl or cyclic N) is 1. The zero-order valence-electron chi connectivity index (χ0n) is 12.5. The molecule has 0 aromatic heterocycles. The first kappa shape index (κ1) is 14.4. The lowest BCUT2D eigenvalue weighted by atomic mass is 10.0. The van der Waals surface area contributed by atoms with Crippen LogP contribution in [-0.2, 0) is 6.42 Å². The van der Waals surface area contributed by atoms with E-state index >= 15 is 0 Å². The number of rotatable bonds is 2. The van der Waals surface area contributed by atoms with E-state index in [4.69, 9.17) is 0 Å². The molecule has 3 nitrogen and oxygen atoms in total. The van der Waals surface area contributed by atoms with E-state index in [9.17, 15) is 5.11 Å². The average molecular weight is 262 g/mol. The van der Waals surface area contributed by atoms with Gasteiger partial charge in [-0.05, 0) is 38.3 Å². The van der Waals surface area contributed by atoms with Gasteiger partial charge in [-0.2, -0.15) is 0 Å².